The van der Waals surface area contributed by atoms with Crippen LogP contribution >= 0.6 is 0 Å². The minimum Gasteiger partial charge on any atom is -0.772 e. The van der Waals surface area contributed by atoms with Crippen LogP contribution in [0.4, 0.5) is 0 Å². The van der Waals surface area contributed by atoms with E-state index in [-0.39, 0.29) is 5.75 Å². The van der Waals surface area contributed by atoms with Gasteiger partial charge in [-0.1, -0.05) is 50.8 Å². The number of rotatable bonds is 8. The third-order valence-electron chi connectivity index (χ3n) is 4.17. The topological polar surface area (TPSA) is 66.4 Å². The molecule has 0 aliphatic carbocycles. The maximum Gasteiger partial charge on any atom is 0.337 e. The molecule has 1 rings (SSSR count). The average molecular weight is 325 g/mol. The molecule has 0 aromatic heterocycles. The van der Waals surface area contributed by atoms with Crippen LogP contribution in [-0.4, -0.2) is 21.8 Å². The molecule has 4 nitrogen and oxygen atoms in total. The predicted molar refractivity (Wildman–Crippen MR) is 87.5 cm³/mol. The Morgan fingerprint density at radius 2 is 2.05 bits per heavy atom. The monoisotopic (exact) mass is 325 g/mol. The van der Waals surface area contributed by atoms with Crippen LogP contribution in [0.3, 0.4) is 0 Å². The molecule has 1 aromatic carbocycles. The average Bonchev–Trinajstić information content (AvgIpc) is 2.50. The van der Waals surface area contributed by atoms with Crippen molar-refractivity contribution in [3.63, 3.8) is 0 Å². The van der Waals surface area contributed by atoms with Crippen LogP contribution in [0.25, 0.3) is 0 Å². The Kier molecular flexibility index (Phi) is 7.76. The highest BCUT2D eigenvalue weighted by atomic mass is 32.2. The summed E-state index contributed by atoms with van der Waals surface area (Å²) in [7, 11) is 1.32. The summed E-state index contributed by atoms with van der Waals surface area (Å²) in [5, 5.41) is 0. The lowest BCUT2D eigenvalue weighted by molar-refractivity contribution is 0.0600. The number of esters is 1. The molecule has 1 aromatic rings. The third kappa shape index (κ3) is 4.92. The first-order chi connectivity index (χ1) is 10.4. The Bertz CT molecular complexity index is 527. The molecule has 0 aliphatic heterocycles. The van der Waals surface area contributed by atoms with Gasteiger partial charge in [0.25, 0.3) is 0 Å². The van der Waals surface area contributed by atoms with Crippen molar-refractivity contribution in [3.05, 3.63) is 34.9 Å². The summed E-state index contributed by atoms with van der Waals surface area (Å²) < 4.78 is 27.1. The summed E-state index contributed by atoms with van der Waals surface area (Å²) in [6.07, 6.45) is 3.07. The highest BCUT2D eigenvalue weighted by Gasteiger charge is 2.21. The summed E-state index contributed by atoms with van der Waals surface area (Å²) in [4.78, 5) is 11.7. The van der Waals surface area contributed by atoms with Crippen LogP contribution in [0, 0.1) is 5.92 Å². The fourth-order valence-corrected chi connectivity index (χ4v) is 3.31. The van der Waals surface area contributed by atoms with E-state index in [1.807, 2.05) is 6.07 Å². The normalized spacial score (nSPS) is 15.1. The van der Waals surface area contributed by atoms with Crippen LogP contribution in [0.1, 0.15) is 67.4 Å². The molecule has 0 aliphatic rings. The zero-order chi connectivity index (χ0) is 16.7. The molecule has 0 N–H and O–H groups in total. The van der Waals surface area contributed by atoms with E-state index >= 15 is 0 Å². The van der Waals surface area contributed by atoms with Crippen molar-refractivity contribution in [3.8, 4) is 0 Å². The first kappa shape index (κ1) is 18.8. The number of hydrogen-bond acceptors (Lipinski definition) is 4. The van der Waals surface area contributed by atoms with Crippen LogP contribution in [0.15, 0.2) is 18.2 Å². The molecule has 0 bridgehead atoms. The van der Waals surface area contributed by atoms with E-state index < -0.39 is 17.0 Å². The van der Waals surface area contributed by atoms with Gasteiger partial charge in [0.2, 0.25) is 0 Å². The van der Waals surface area contributed by atoms with Crippen LogP contribution in [-0.2, 0) is 21.6 Å². The van der Waals surface area contributed by atoms with Gasteiger partial charge >= 0.3 is 5.97 Å². The standard InChI is InChI=1S/C17H26O4S/c1-5-7-15(12(3)6-2)16-9-8-13(17(18)21-4)10-14(16)11-22(19)20/h8-10,12,15H,5-7,11H2,1-4H3,(H,19,20)/p-1. The van der Waals surface area contributed by atoms with E-state index in [0.29, 0.717) is 23.0 Å². The fraction of sp³-hybridized carbons (Fsp3) is 0.588. The molecule has 0 saturated heterocycles. The van der Waals surface area contributed by atoms with Crippen molar-refractivity contribution in [1.29, 1.82) is 0 Å². The van der Waals surface area contributed by atoms with E-state index in [2.05, 4.69) is 20.8 Å². The van der Waals surface area contributed by atoms with Gasteiger partial charge < -0.3 is 9.29 Å². The predicted octanol–water partition coefficient (Wildman–Crippen LogP) is 3.78. The lowest BCUT2D eigenvalue weighted by Gasteiger charge is -2.26. The Labute approximate surface area is 135 Å². The maximum atomic E-state index is 11.7. The molecule has 124 valence electrons. The summed E-state index contributed by atoms with van der Waals surface area (Å²) in [6.45, 7) is 6.46. The minimum absolute atomic E-state index is 0.0726. The second-order valence-corrected chi connectivity index (χ2v) is 6.53. The van der Waals surface area contributed by atoms with Gasteiger partial charge in [-0.05, 0) is 41.5 Å². The molecular weight excluding hydrogens is 300 g/mol. The van der Waals surface area contributed by atoms with Crippen molar-refractivity contribution in [2.45, 2.75) is 51.7 Å². The highest BCUT2D eigenvalue weighted by Crippen LogP contribution is 2.34. The summed E-state index contributed by atoms with van der Waals surface area (Å²) in [5.41, 5.74) is 2.13. The molecule has 5 heteroatoms. The van der Waals surface area contributed by atoms with Gasteiger partial charge in [-0.25, -0.2) is 4.79 Å². The maximum absolute atomic E-state index is 11.7. The number of carbonyl (C=O) groups excluding carboxylic acids is 1. The van der Waals surface area contributed by atoms with E-state index in [4.69, 9.17) is 4.74 Å². The molecule has 0 saturated carbocycles. The second kappa shape index (κ2) is 9.06. The van der Waals surface area contributed by atoms with Gasteiger partial charge in [-0.15, -0.1) is 0 Å². The number of hydrogen-bond donors (Lipinski definition) is 0. The van der Waals surface area contributed by atoms with Crippen molar-refractivity contribution in [2.24, 2.45) is 5.92 Å². The van der Waals surface area contributed by atoms with Crippen LogP contribution in [0.5, 0.6) is 0 Å². The molecule has 3 unspecified atom stereocenters. The first-order valence-corrected chi connectivity index (χ1v) is 8.95. The van der Waals surface area contributed by atoms with Crippen molar-refractivity contribution in [2.75, 3.05) is 7.11 Å². The van der Waals surface area contributed by atoms with Gasteiger partial charge in [0.1, 0.15) is 0 Å². The zero-order valence-corrected chi connectivity index (χ0v) is 14.6. The van der Waals surface area contributed by atoms with Gasteiger partial charge in [0.05, 0.1) is 12.7 Å². The van der Waals surface area contributed by atoms with Crippen LogP contribution in [0.2, 0.25) is 0 Å². The van der Waals surface area contributed by atoms with Gasteiger partial charge in [-0.2, -0.15) is 0 Å². The lowest BCUT2D eigenvalue weighted by atomic mass is 9.80. The van der Waals surface area contributed by atoms with E-state index in [1.165, 1.54) is 7.11 Å². The van der Waals surface area contributed by atoms with Crippen molar-refractivity contribution < 1.29 is 18.3 Å². The molecule has 0 spiro atoms. The summed E-state index contributed by atoms with van der Waals surface area (Å²) >= 11 is -2.19. The van der Waals surface area contributed by atoms with E-state index in [1.54, 1.807) is 12.1 Å². The summed E-state index contributed by atoms with van der Waals surface area (Å²) in [6, 6.07) is 5.27. The van der Waals surface area contributed by atoms with E-state index in [9.17, 15) is 13.6 Å². The smallest absolute Gasteiger partial charge is 0.337 e. The Balaban J connectivity index is 3.30. The molecule has 0 heterocycles. The zero-order valence-electron chi connectivity index (χ0n) is 13.8. The van der Waals surface area contributed by atoms with E-state index in [0.717, 1.165) is 24.8 Å². The van der Waals surface area contributed by atoms with Crippen molar-refractivity contribution in [1.82, 2.24) is 0 Å². The van der Waals surface area contributed by atoms with Gasteiger partial charge in [0, 0.05) is 5.75 Å². The SMILES string of the molecule is CCCC(c1ccc(C(=O)OC)cc1CS(=O)[O-])C(C)CC. The number of carbonyl (C=O) groups is 1. The second-order valence-electron chi connectivity index (χ2n) is 5.63. The lowest BCUT2D eigenvalue weighted by Crippen LogP contribution is -2.14. The number of methoxy groups -OCH3 is 1. The molecule has 0 radical (unpaired) electrons. The molecule has 3 atom stereocenters. The van der Waals surface area contributed by atoms with Gasteiger partial charge in [-0.3, -0.25) is 4.21 Å². The Morgan fingerprint density at radius 3 is 2.55 bits per heavy atom. The highest BCUT2D eigenvalue weighted by molar-refractivity contribution is 7.78. The number of benzene rings is 1. The third-order valence-corrected chi connectivity index (χ3v) is 4.71. The molecular formula is C17H25O4S-. The van der Waals surface area contributed by atoms with Gasteiger partial charge in [0.15, 0.2) is 0 Å². The quantitative estimate of drug-likeness (QED) is 0.539. The number of ether oxygens (including phenoxy) is 1. The van der Waals surface area contributed by atoms with Crippen molar-refractivity contribution >= 4 is 17.0 Å². The summed E-state index contributed by atoms with van der Waals surface area (Å²) in [5.74, 6) is 0.250. The largest absolute Gasteiger partial charge is 0.772 e. The molecule has 0 fully saturated rings. The minimum atomic E-state index is -2.19. The van der Waals surface area contributed by atoms with Crippen LogP contribution < -0.4 is 0 Å². The Hall–Kier alpha value is -1.20. The molecule has 0 amide bonds. The molecule has 22 heavy (non-hydrogen) atoms. The Morgan fingerprint density at radius 1 is 1.36 bits per heavy atom. The first-order valence-electron chi connectivity index (χ1n) is 7.71. The fourth-order valence-electron chi connectivity index (χ4n) is 2.81.